The number of alkyl halides is 2. The fourth-order valence-electron chi connectivity index (χ4n) is 1.25. The lowest BCUT2D eigenvalue weighted by Crippen LogP contribution is -2.32. The number of rotatable bonds is 5. The number of aliphatic imine (C=N–C) groups is 1. The molecule has 0 saturated heterocycles. The summed E-state index contributed by atoms with van der Waals surface area (Å²) >= 11 is 0. The first-order valence-electron chi connectivity index (χ1n) is 5.11. The van der Waals surface area contributed by atoms with Crippen LogP contribution in [0.5, 0.6) is 5.75 Å². The van der Waals surface area contributed by atoms with E-state index in [9.17, 15) is 8.78 Å². The van der Waals surface area contributed by atoms with Crippen molar-refractivity contribution in [2.24, 2.45) is 10.7 Å². The van der Waals surface area contributed by atoms with Crippen LogP contribution < -0.4 is 15.8 Å². The van der Waals surface area contributed by atoms with Gasteiger partial charge in [0.2, 0.25) is 0 Å². The number of benzene rings is 1. The van der Waals surface area contributed by atoms with Gasteiger partial charge in [0.25, 0.3) is 0 Å². The zero-order valence-electron chi connectivity index (χ0n) is 9.90. The summed E-state index contributed by atoms with van der Waals surface area (Å²) in [6, 6.07) is 6.49. The molecule has 1 rings (SSSR count). The van der Waals surface area contributed by atoms with Crippen molar-refractivity contribution in [2.75, 3.05) is 13.6 Å². The first-order chi connectivity index (χ1) is 8.11. The minimum absolute atomic E-state index is 0. The highest BCUT2D eigenvalue weighted by Gasteiger charge is 2.03. The number of nitrogens with zero attached hydrogens (tertiary/aromatic N) is 1. The molecule has 0 atom stereocenters. The first-order valence-corrected chi connectivity index (χ1v) is 5.11. The summed E-state index contributed by atoms with van der Waals surface area (Å²) < 4.78 is 28.0. The molecule has 0 radical (unpaired) electrons. The number of hydrogen-bond donors (Lipinski definition) is 2. The van der Waals surface area contributed by atoms with E-state index >= 15 is 0 Å². The molecule has 0 unspecified atom stereocenters. The lowest BCUT2D eigenvalue weighted by Gasteiger charge is -2.07. The fourth-order valence-corrected chi connectivity index (χ4v) is 1.25. The van der Waals surface area contributed by atoms with Crippen LogP contribution in [0.3, 0.4) is 0 Å². The second-order valence-electron chi connectivity index (χ2n) is 3.31. The molecule has 3 N–H and O–H groups in total. The molecule has 1 aromatic carbocycles. The third kappa shape index (κ3) is 6.58. The Hall–Kier alpha value is -1.12. The van der Waals surface area contributed by atoms with Crippen LogP contribution in [0.4, 0.5) is 8.78 Å². The molecule has 102 valence electrons. The van der Waals surface area contributed by atoms with Crippen LogP contribution in [0, 0.1) is 0 Å². The van der Waals surface area contributed by atoms with Crippen molar-refractivity contribution in [3.63, 3.8) is 0 Å². The first kappa shape index (κ1) is 16.9. The molecule has 0 bridgehead atoms. The molecule has 0 aromatic heterocycles. The largest absolute Gasteiger partial charge is 0.435 e. The maximum absolute atomic E-state index is 11.9. The lowest BCUT2D eigenvalue weighted by molar-refractivity contribution is -0.0498. The Kier molecular flexibility index (Phi) is 8.34. The summed E-state index contributed by atoms with van der Waals surface area (Å²) in [5.74, 6) is 0.536. The van der Waals surface area contributed by atoms with E-state index in [4.69, 9.17) is 5.73 Å². The van der Waals surface area contributed by atoms with Gasteiger partial charge in [0.1, 0.15) is 5.75 Å². The molecule has 0 aliphatic heterocycles. The summed E-state index contributed by atoms with van der Waals surface area (Å²) in [6.45, 7) is -2.15. The van der Waals surface area contributed by atoms with Crippen LogP contribution in [0.1, 0.15) is 5.56 Å². The van der Waals surface area contributed by atoms with E-state index in [0.717, 1.165) is 12.0 Å². The smallest absolute Gasteiger partial charge is 0.387 e. The van der Waals surface area contributed by atoms with Crippen LogP contribution in [0.2, 0.25) is 0 Å². The molecule has 0 spiro atoms. The van der Waals surface area contributed by atoms with Crippen LogP contribution in [-0.2, 0) is 6.42 Å². The van der Waals surface area contributed by atoms with E-state index in [1.165, 1.54) is 12.1 Å². The molecular weight excluding hydrogens is 355 g/mol. The minimum atomic E-state index is -2.79. The Labute approximate surface area is 122 Å². The van der Waals surface area contributed by atoms with Crippen LogP contribution in [-0.4, -0.2) is 26.2 Å². The van der Waals surface area contributed by atoms with Gasteiger partial charge in [0.15, 0.2) is 5.96 Å². The molecule has 4 nitrogen and oxygen atoms in total. The predicted molar refractivity (Wildman–Crippen MR) is 77.7 cm³/mol. The van der Waals surface area contributed by atoms with Gasteiger partial charge < -0.3 is 15.8 Å². The Morgan fingerprint density at radius 3 is 2.50 bits per heavy atom. The van der Waals surface area contributed by atoms with Crippen molar-refractivity contribution in [3.05, 3.63) is 29.8 Å². The molecule has 0 heterocycles. The molecule has 0 amide bonds. The van der Waals surface area contributed by atoms with Gasteiger partial charge in [-0.3, -0.25) is 4.99 Å². The molecule has 0 aliphatic carbocycles. The van der Waals surface area contributed by atoms with E-state index in [1.807, 2.05) is 0 Å². The molecule has 7 heteroatoms. The van der Waals surface area contributed by atoms with Gasteiger partial charge in [-0.2, -0.15) is 8.78 Å². The van der Waals surface area contributed by atoms with E-state index in [-0.39, 0.29) is 29.7 Å². The Morgan fingerprint density at radius 2 is 2.00 bits per heavy atom. The Balaban J connectivity index is 0.00000289. The minimum Gasteiger partial charge on any atom is -0.435 e. The zero-order valence-corrected chi connectivity index (χ0v) is 12.2. The summed E-state index contributed by atoms with van der Waals surface area (Å²) in [4.78, 5) is 3.75. The number of nitrogens with two attached hydrogens (primary N) is 1. The highest BCUT2D eigenvalue weighted by Crippen LogP contribution is 2.14. The molecule has 0 aliphatic rings. The van der Waals surface area contributed by atoms with Gasteiger partial charge in [-0.25, -0.2) is 0 Å². The SMILES string of the molecule is CN=C(N)NCCc1ccc(OC(F)F)cc1.I. The highest BCUT2D eigenvalue weighted by atomic mass is 127. The molecule has 0 fully saturated rings. The summed E-state index contributed by atoms with van der Waals surface area (Å²) in [7, 11) is 1.60. The van der Waals surface area contributed by atoms with Crippen molar-refractivity contribution in [2.45, 2.75) is 13.0 Å². The highest BCUT2D eigenvalue weighted by molar-refractivity contribution is 14.0. The van der Waals surface area contributed by atoms with Crippen molar-refractivity contribution >= 4 is 29.9 Å². The monoisotopic (exact) mass is 371 g/mol. The molecular formula is C11H16F2IN3O. The second-order valence-corrected chi connectivity index (χ2v) is 3.31. The summed E-state index contributed by atoms with van der Waals surface area (Å²) in [6.07, 6.45) is 0.727. The van der Waals surface area contributed by atoms with Crippen LogP contribution in [0.25, 0.3) is 0 Å². The van der Waals surface area contributed by atoms with Gasteiger partial charge in [0.05, 0.1) is 0 Å². The zero-order chi connectivity index (χ0) is 12.7. The number of halogens is 3. The van der Waals surface area contributed by atoms with E-state index in [0.29, 0.717) is 12.5 Å². The number of nitrogens with one attached hydrogen (secondary N) is 1. The van der Waals surface area contributed by atoms with Gasteiger partial charge >= 0.3 is 6.61 Å². The van der Waals surface area contributed by atoms with E-state index < -0.39 is 6.61 Å². The molecule has 1 aromatic rings. The average molecular weight is 371 g/mol. The molecule has 18 heavy (non-hydrogen) atoms. The van der Waals surface area contributed by atoms with Crippen LogP contribution >= 0.6 is 24.0 Å². The number of ether oxygens (including phenoxy) is 1. The maximum atomic E-state index is 11.9. The Bertz CT molecular complexity index is 371. The summed E-state index contributed by atoms with van der Waals surface area (Å²) in [5.41, 5.74) is 6.45. The maximum Gasteiger partial charge on any atom is 0.387 e. The van der Waals surface area contributed by atoms with Crippen molar-refractivity contribution in [3.8, 4) is 5.75 Å². The van der Waals surface area contributed by atoms with E-state index in [1.54, 1.807) is 19.2 Å². The van der Waals surface area contributed by atoms with Gasteiger partial charge in [-0.15, -0.1) is 24.0 Å². The quantitative estimate of drug-likeness (QED) is 0.473. The van der Waals surface area contributed by atoms with Crippen molar-refractivity contribution < 1.29 is 13.5 Å². The number of hydrogen-bond acceptors (Lipinski definition) is 2. The Morgan fingerprint density at radius 1 is 1.39 bits per heavy atom. The topological polar surface area (TPSA) is 59.6 Å². The summed E-state index contributed by atoms with van der Waals surface area (Å²) in [5, 5.41) is 2.90. The lowest BCUT2D eigenvalue weighted by atomic mass is 10.1. The second kappa shape index (κ2) is 8.90. The van der Waals surface area contributed by atoms with Gasteiger partial charge in [-0.05, 0) is 24.1 Å². The van der Waals surface area contributed by atoms with Crippen molar-refractivity contribution in [1.29, 1.82) is 0 Å². The standard InChI is InChI=1S/C11H15F2N3O.HI/c1-15-11(14)16-7-6-8-2-4-9(5-3-8)17-10(12)13;/h2-5,10H,6-7H2,1H3,(H3,14,15,16);1H. The predicted octanol–water partition coefficient (Wildman–Crippen LogP) is 1.98. The fraction of sp³-hybridized carbons (Fsp3) is 0.364. The van der Waals surface area contributed by atoms with Crippen molar-refractivity contribution in [1.82, 2.24) is 5.32 Å². The van der Waals surface area contributed by atoms with Gasteiger partial charge in [0, 0.05) is 13.6 Å². The third-order valence-corrected chi connectivity index (χ3v) is 2.11. The van der Waals surface area contributed by atoms with E-state index in [2.05, 4.69) is 15.0 Å². The van der Waals surface area contributed by atoms with Crippen LogP contribution in [0.15, 0.2) is 29.3 Å². The average Bonchev–Trinajstić information content (AvgIpc) is 2.30. The molecule has 0 saturated carbocycles. The normalized spacial score (nSPS) is 11.0. The van der Waals surface area contributed by atoms with Gasteiger partial charge in [-0.1, -0.05) is 12.1 Å². The number of guanidine groups is 1. The third-order valence-electron chi connectivity index (χ3n) is 2.11.